The number of piperidine rings is 1. The summed E-state index contributed by atoms with van der Waals surface area (Å²) in [7, 11) is 0. The van der Waals surface area contributed by atoms with Gasteiger partial charge < -0.3 is 10.6 Å². The molecule has 88 valence electrons. The third-order valence-corrected chi connectivity index (χ3v) is 3.89. The van der Waals surface area contributed by atoms with Crippen LogP contribution in [0.15, 0.2) is 16.8 Å². The molecule has 1 aromatic heterocycles. The van der Waals surface area contributed by atoms with Crippen molar-refractivity contribution in [3.63, 3.8) is 0 Å². The lowest BCUT2D eigenvalue weighted by Crippen LogP contribution is -2.56. The molecule has 0 bridgehead atoms. The van der Waals surface area contributed by atoms with Gasteiger partial charge in [-0.1, -0.05) is 0 Å². The van der Waals surface area contributed by atoms with Gasteiger partial charge in [-0.05, 0) is 55.1 Å². The van der Waals surface area contributed by atoms with Gasteiger partial charge in [0.25, 0.3) is 0 Å². The largest absolute Gasteiger partial charge is 0.350 e. The van der Waals surface area contributed by atoms with Gasteiger partial charge in [-0.25, -0.2) is 0 Å². The molecule has 0 aromatic carbocycles. The third kappa shape index (κ3) is 2.62. The lowest BCUT2D eigenvalue weighted by atomic mass is 9.90. The zero-order valence-electron chi connectivity index (χ0n) is 9.58. The highest BCUT2D eigenvalue weighted by molar-refractivity contribution is 7.07. The first-order valence-electron chi connectivity index (χ1n) is 5.75. The summed E-state index contributed by atoms with van der Waals surface area (Å²) in [5.41, 5.74) is 0.812. The lowest BCUT2D eigenvalue weighted by Gasteiger charge is -2.33. The predicted molar refractivity (Wildman–Crippen MR) is 66.4 cm³/mol. The van der Waals surface area contributed by atoms with E-state index >= 15 is 0 Å². The van der Waals surface area contributed by atoms with E-state index in [4.69, 9.17) is 0 Å². The van der Waals surface area contributed by atoms with Crippen molar-refractivity contribution in [2.75, 3.05) is 6.54 Å². The summed E-state index contributed by atoms with van der Waals surface area (Å²) >= 11 is 1.66. The molecule has 3 nitrogen and oxygen atoms in total. The molecule has 1 fully saturated rings. The molecular formula is C12H18N2OS. The van der Waals surface area contributed by atoms with Gasteiger partial charge in [0.2, 0.25) is 5.91 Å². The minimum atomic E-state index is -0.367. The number of thiophene rings is 1. The smallest absolute Gasteiger partial charge is 0.240 e. The molecular weight excluding hydrogens is 220 g/mol. The van der Waals surface area contributed by atoms with Crippen molar-refractivity contribution < 1.29 is 4.79 Å². The summed E-state index contributed by atoms with van der Waals surface area (Å²) in [5.74, 6) is 0.124. The van der Waals surface area contributed by atoms with Crippen LogP contribution in [0.5, 0.6) is 0 Å². The van der Waals surface area contributed by atoms with Gasteiger partial charge in [0.15, 0.2) is 0 Å². The van der Waals surface area contributed by atoms with Gasteiger partial charge >= 0.3 is 0 Å². The van der Waals surface area contributed by atoms with E-state index in [1.54, 1.807) is 11.3 Å². The molecule has 1 atom stereocenters. The zero-order valence-corrected chi connectivity index (χ0v) is 10.4. The van der Waals surface area contributed by atoms with Crippen molar-refractivity contribution in [3.05, 3.63) is 22.4 Å². The van der Waals surface area contributed by atoms with Gasteiger partial charge in [-0.15, -0.1) is 0 Å². The molecule has 0 spiro atoms. The fraction of sp³-hybridized carbons (Fsp3) is 0.583. The van der Waals surface area contributed by atoms with Gasteiger partial charge in [-0.2, -0.15) is 11.3 Å². The summed E-state index contributed by atoms with van der Waals surface area (Å²) in [4.78, 5) is 12.0. The Morgan fingerprint density at radius 3 is 3.12 bits per heavy atom. The second-order valence-corrected chi connectivity index (χ2v) is 5.31. The SMILES string of the molecule is CC1(C(=O)NCc2ccsc2)CCCCN1. The van der Waals surface area contributed by atoms with Crippen molar-refractivity contribution in [3.8, 4) is 0 Å². The van der Waals surface area contributed by atoms with E-state index in [1.807, 2.05) is 18.4 Å². The second kappa shape index (κ2) is 4.97. The fourth-order valence-corrected chi connectivity index (χ4v) is 2.69. The molecule has 1 aromatic rings. The molecule has 0 radical (unpaired) electrons. The zero-order chi connectivity index (χ0) is 11.4. The Bertz CT molecular complexity index is 342. The standard InChI is InChI=1S/C12H18N2OS/c1-12(5-2-3-6-14-12)11(15)13-8-10-4-7-16-9-10/h4,7,9,14H,2-3,5-6,8H2,1H3,(H,13,15). The van der Waals surface area contributed by atoms with Crippen LogP contribution >= 0.6 is 11.3 Å². The molecule has 2 heterocycles. The number of hydrogen-bond donors (Lipinski definition) is 2. The minimum Gasteiger partial charge on any atom is -0.350 e. The average Bonchev–Trinajstić information content (AvgIpc) is 2.79. The lowest BCUT2D eigenvalue weighted by molar-refractivity contribution is -0.128. The maximum Gasteiger partial charge on any atom is 0.240 e. The molecule has 1 amide bonds. The number of rotatable bonds is 3. The molecule has 1 unspecified atom stereocenters. The van der Waals surface area contributed by atoms with E-state index in [9.17, 15) is 4.79 Å². The normalized spacial score (nSPS) is 25.3. The van der Waals surface area contributed by atoms with Crippen LogP contribution in [0.25, 0.3) is 0 Å². The Hall–Kier alpha value is -0.870. The van der Waals surface area contributed by atoms with E-state index in [1.165, 1.54) is 12.0 Å². The minimum absolute atomic E-state index is 0.124. The molecule has 2 rings (SSSR count). The Balaban J connectivity index is 1.87. The molecule has 2 N–H and O–H groups in total. The van der Waals surface area contributed by atoms with E-state index in [0.717, 1.165) is 19.4 Å². The summed E-state index contributed by atoms with van der Waals surface area (Å²) in [6.45, 7) is 3.58. The van der Waals surface area contributed by atoms with Crippen molar-refractivity contribution in [2.24, 2.45) is 0 Å². The topological polar surface area (TPSA) is 41.1 Å². The summed E-state index contributed by atoms with van der Waals surface area (Å²) in [5, 5.41) is 10.4. The molecule has 16 heavy (non-hydrogen) atoms. The summed E-state index contributed by atoms with van der Waals surface area (Å²) < 4.78 is 0. The summed E-state index contributed by atoms with van der Waals surface area (Å²) in [6.07, 6.45) is 3.24. The highest BCUT2D eigenvalue weighted by Crippen LogP contribution is 2.19. The third-order valence-electron chi connectivity index (χ3n) is 3.15. The van der Waals surface area contributed by atoms with Crippen molar-refractivity contribution >= 4 is 17.2 Å². The maximum atomic E-state index is 12.0. The Morgan fingerprint density at radius 2 is 2.50 bits per heavy atom. The number of amides is 1. The van der Waals surface area contributed by atoms with E-state index in [0.29, 0.717) is 6.54 Å². The van der Waals surface area contributed by atoms with Crippen molar-refractivity contribution in [1.29, 1.82) is 0 Å². The van der Waals surface area contributed by atoms with Gasteiger partial charge in [0.05, 0.1) is 5.54 Å². The van der Waals surface area contributed by atoms with Crippen LogP contribution in [0.1, 0.15) is 31.7 Å². The van der Waals surface area contributed by atoms with Crippen molar-refractivity contribution in [1.82, 2.24) is 10.6 Å². The van der Waals surface area contributed by atoms with Crippen LogP contribution in [0.4, 0.5) is 0 Å². The Kier molecular flexibility index (Phi) is 3.61. The monoisotopic (exact) mass is 238 g/mol. The number of hydrogen-bond acceptors (Lipinski definition) is 3. The van der Waals surface area contributed by atoms with E-state index in [-0.39, 0.29) is 11.4 Å². The van der Waals surface area contributed by atoms with Crippen LogP contribution < -0.4 is 10.6 Å². The van der Waals surface area contributed by atoms with Crippen molar-refractivity contribution in [2.45, 2.75) is 38.3 Å². The highest BCUT2D eigenvalue weighted by atomic mass is 32.1. The Morgan fingerprint density at radius 1 is 1.62 bits per heavy atom. The highest BCUT2D eigenvalue weighted by Gasteiger charge is 2.33. The molecule has 4 heteroatoms. The van der Waals surface area contributed by atoms with E-state index in [2.05, 4.69) is 16.0 Å². The van der Waals surface area contributed by atoms with E-state index < -0.39 is 0 Å². The Labute approximate surface area is 100 Å². The fourth-order valence-electron chi connectivity index (χ4n) is 2.02. The molecule has 1 saturated heterocycles. The van der Waals surface area contributed by atoms with Gasteiger partial charge in [-0.3, -0.25) is 4.79 Å². The van der Waals surface area contributed by atoms with Crippen LogP contribution in [0.2, 0.25) is 0 Å². The second-order valence-electron chi connectivity index (χ2n) is 4.53. The average molecular weight is 238 g/mol. The quantitative estimate of drug-likeness (QED) is 0.844. The number of nitrogens with one attached hydrogen (secondary N) is 2. The first-order valence-corrected chi connectivity index (χ1v) is 6.69. The van der Waals surface area contributed by atoms with Crippen LogP contribution in [0.3, 0.4) is 0 Å². The van der Waals surface area contributed by atoms with Gasteiger partial charge in [0, 0.05) is 6.54 Å². The first-order chi connectivity index (χ1) is 7.71. The molecule has 0 aliphatic carbocycles. The molecule has 1 aliphatic heterocycles. The number of carbonyl (C=O) groups excluding carboxylic acids is 1. The molecule has 0 saturated carbocycles. The van der Waals surface area contributed by atoms with Crippen LogP contribution in [-0.2, 0) is 11.3 Å². The maximum absolute atomic E-state index is 12.0. The number of carbonyl (C=O) groups is 1. The van der Waals surface area contributed by atoms with Crippen LogP contribution in [0, 0.1) is 0 Å². The van der Waals surface area contributed by atoms with Crippen LogP contribution in [-0.4, -0.2) is 18.0 Å². The predicted octanol–water partition coefficient (Wildman–Crippen LogP) is 1.90. The van der Waals surface area contributed by atoms with Gasteiger partial charge in [0.1, 0.15) is 0 Å². The first kappa shape index (κ1) is 11.6. The summed E-state index contributed by atoms with van der Waals surface area (Å²) in [6, 6.07) is 2.04. The molecule has 1 aliphatic rings.